The molecule has 1 aliphatic carbocycles. The Morgan fingerprint density at radius 2 is 1.82 bits per heavy atom. The average molecular weight is 489 g/mol. The van der Waals surface area contributed by atoms with Crippen molar-refractivity contribution in [3.05, 3.63) is 67.2 Å². The third-order valence-corrected chi connectivity index (χ3v) is 6.32. The summed E-state index contributed by atoms with van der Waals surface area (Å²) in [6, 6.07) is 6.38. The Kier molecular flexibility index (Phi) is 5.55. The average Bonchev–Trinajstić information content (AvgIpc) is 3.40. The summed E-state index contributed by atoms with van der Waals surface area (Å²) < 4.78 is 7.73. The topological polar surface area (TPSA) is 128 Å². The van der Waals surface area contributed by atoms with Gasteiger partial charge in [-0.1, -0.05) is 42.5 Å². The van der Waals surface area contributed by atoms with E-state index < -0.39 is 11.7 Å². The van der Waals surface area contributed by atoms with Crippen molar-refractivity contribution in [2.75, 3.05) is 5.32 Å². The number of halogens is 2. The number of rotatable bonds is 4. The van der Waals surface area contributed by atoms with Gasteiger partial charge < -0.3 is 9.88 Å². The van der Waals surface area contributed by atoms with E-state index in [0.29, 0.717) is 16.7 Å². The van der Waals surface area contributed by atoms with Crippen LogP contribution in [0.5, 0.6) is 0 Å². The number of carbonyl (C=O) groups is 1. The number of pyridine rings is 1. The van der Waals surface area contributed by atoms with E-state index in [0.717, 1.165) is 25.7 Å². The van der Waals surface area contributed by atoms with Crippen molar-refractivity contribution in [1.82, 2.24) is 24.5 Å². The normalized spacial score (nSPS) is 14.6. The molecule has 170 valence electrons. The van der Waals surface area contributed by atoms with Crippen LogP contribution in [0.2, 0.25) is 10.0 Å². The molecule has 1 aromatic carbocycles. The Hall–Kier alpha value is -3.37. The first kappa shape index (κ1) is 21.5. The fourth-order valence-corrected chi connectivity index (χ4v) is 4.94. The SMILES string of the molecule is O=C(Nc1cc(Cl)c(-n2ncc3c2ccc(=O)n3C2CCCCC2)c(Cl)c1)c1noc(=O)[nH]1. The van der Waals surface area contributed by atoms with E-state index >= 15 is 0 Å². The van der Waals surface area contributed by atoms with Crippen molar-refractivity contribution in [2.45, 2.75) is 38.1 Å². The van der Waals surface area contributed by atoms with Gasteiger partial charge >= 0.3 is 5.76 Å². The number of H-pyrrole nitrogens is 1. The number of nitrogens with one attached hydrogen (secondary N) is 2. The molecule has 12 heteroatoms. The highest BCUT2D eigenvalue weighted by Crippen LogP contribution is 2.35. The lowest BCUT2D eigenvalue weighted by Crippen LogP contribution is -2.25. The third-order valence-electron chi connectivity index (χ3n) is 5.75. The summed E-state index contributed by atoms with van der Waals surface area (Å²) in [7, 11) is 0. The lowest BCUT2D eigenvalue weighted by molar-refractivity contribution is 0.101. The molecule has 1 amide bonds. The third kappa shape index (κ3) is 3.96. The number of nitrogens with zero attached hydrogens (tertiary/aromatic N) is 4. The Morgan fingerprint density at radius 1 is 1.09 bits per heavy atom. The van der Waals surface area contributed by atoms with E-state index in [4.69, 9.17) is 23.2 Å². The molecule has 2 N–H and O–H groups in total. The van der Waals surface area contributed by atoms with Crippen LogP contribution in [-0.4, -0.2) is 30.4 Å². The number of fused-ring (bicyclic) bond motifs is 1. The van der Waals surface area contributed by atoms with E-state index in [1.807, 2.05) is 4.57 Å². The Labute approximate surface area is 196 Å². The zero-order valence-electron chi connectivity index (χ0n) is 17.2. The molecule has 5 rings (SSSR count). The van der Waals surface area contributed by atoms with Gasteiger partial charge in [0.2, 0.25) is 5.82 Å². The largest absolute Gasteiger partial charge is 0.439 e. The van der Waals surface area contributed by atoms with E-state index in [9.17, 15) is 14.4 Å². The predicted molar refractivity (Wildman–Crippen MR) is 123 cm³/mol. The standard InChI is InChI=1S/C21H18Cl2N6O4/c22-13-8-11(25-20(31)19-26-21(32)33-27-19)9-14(23)18(13)29-15-6-7-17(30)28(16(15)10-24-29)12-4-2-1-3-5-12/h6-10,12H,1-5H2,(H,25,31)(H,26,27,32). The van der Waals surface area contributed by atoms with Gasteiger partial charge in [0.15, 0.2) is 0 Å². The van der Waals surface area contributed by atoms with Gasteiger partial charge in [0.1, 0.15) is 5.69 Å². The summed E-state index contributed by atoms with van der Waals surface area (Å²) >= 11 is 13.0. The van der Waals surface area contributed by atoms with Crippen LogP contribution in [0.25, 0.3) is 16.7 Å². The number of hydrogen-bond acceptors (Lipinski definition) is 6. The molecule has 4 aromatic rings. The molecule has 0 bridgehead atoms. The molecule has 0 unspecified atom stereocenters. The fraction of sp³-hybridized carbons (Fsp3) is 0.286. The van der Waals surface area contributed by atoms with Gasteiger partial charge in [-0.15, -0.1) is 0 Å². The molecular weight excluding hydrogens is 471 g/mol. The Morgan fingerprint density at radius 3 is 2.48 bits per heavy atom. The Bertz CT molecular complexity index is 1450. The van der Waals surface area contributed by atoms with Crippen molar-refractivity contribution in [2.24, 2.45) is 0 Å². The summed E-state index contributed by atoms with van der Waals surface area (Å²) in [5, 5.41) is 10.8. The summed E-state index contributed by atoms with van der Waals surface area (Å²) in [5.41, 5.74) is 2.05. The van der Waals surface area contributed by atoms with Crippen LogP contribution < -0.4 is 16.6 Å². The number of aromatic nitrogens is 5. The Balaban J connectivity index is 1.53. The molecule has 1 fully saturated rings. The molecule has 0 atom stereocenters. The van der Waals surface area contributed by atoms with Crippen LogP contribution in [0, 0.1) is 0 Å². The number of hydrogen-bond donors (Lipinski definition) is 2. The van der Waals surface area contributed by atoms with E-state index in [1.54, 1.807) is 16.9 Å². The van der Waals surface area contributed by atoms with Crippen LogP contribution >= 0.6 is 23.2 Å². The molecule has 3 aromatic heterocycles. The van der Waals surface area contributed by atoms with Gasteiger partial charge in [-0.3, -0.25) is 19.1 Å². The molecular formula is C21H18Cl2N6O4. The summed E-state index contributed by atoms with van der Waals surface area (Å²) in [4.78, 5) is 38.1. The minimum atomic E-state index is -0.844. The predicted octanol–water partition coefficient (Wildman–Crippen LogP) is 3.93. The van der Waals surface area contributed by atoms with Crippen molar-refractivity contribution in [1.29, 1.82) is 0 Å². The number of benzene rings is 1. The maximum atomic E-state index is 12.7. The number of amides is 1. The minimum absolute atomic E-state index is 0.0601. The zero-order valence-corrected chi connectivity index (χ0v) is 18.7. The first-order valence-electron chi connectivity index (χ1n) is 10.4. The lowest BCUT2D eigenvalue weighted by atomic mass is 9.95. The van der Waals surface area contributed by atoms with Crippen LogP contribution in [0.3, 0.4) is 0 Å². The zero-order chi connectivity index (χ0) is 23.1. The molecule has 3 heterocycles. The van der Waals surface area contributed by atoms with Crippen molar-refractivity contribution in [3.63, 3.8) is 0 Å². The van der Waals surface area contributed by atoms with Gasteiger partial charge in [0.25, 0.3) is 11.5 Å². The summed E-state index contributed by atoms with van der Waals surface area (Å²) in [5.74, 6) is -1.82. The highest BCUT2D eigenvalue weighted by Gasteiger charge is 2.22. The number of aromatic amines is 1. The monoisotopic (exact) mass is 488 g/mol. The second-order valence-electron chi connectivity index (χ2n) is 7.85. The fourth-order valence-electron chi connectivity index (χ4n) is 4.29. The second kappa shape index (κ2) is 8.53. The second-order valence-corrected chi connectivity index (χ2v) is 8.66. The maximum absolute atomic E-state index is 12.7. The van der Waals surface area contributed by atoms with Crippen LogP contribution in [0.15, 0.2) is 44.6 Å². The summed E-state index contributed by atoms with van der Waals surface area (Å²) in [6.45, 7) is 0. The van der Waals surface area contributed by atoms with Crippen LogP contribution in [-0.2, 0) is 0 Å². The molecule has 0 aliphatic heterocycles. The van der Waals surface area contributed by atoms with E-state index in [2.05, 4.69) is 25.1 Å². The smallest absolute Gasteiger partial charge is 0.319 e. The lowest BCUT2D eigenvalue weighted by Gasteiger charge is -2.24. The summed E-state index contributed by atoms with van der Waals surface area (Å²) in [6.07, 6.45) is 6.92. The van der Waals surface area contributed by atoms with E-state index in [-0.39, 0.29) is 33.2 Å². The van der Waals surface area contributed by atoms with Gasteiger partial charge in [0, 0.05) is 17.8 Å². The first-order valence-corrected chi connectivity index (χ1v) is 11.1. The maximum Gasteiger partial charge on any atom is 0.439 e. The molecule has 1 aliphatic rings. The molecule has 0 radical (unpaired) electrons. The van der Waals surface area contributed by atoms with Crippen molar-refractivity contribution in [3.8, 4) is 5.69 Å². The van der Waals surface area contributed by atoms with Crippen molar-refractivity contribution < 1.29 is 9.32 Å². The molecule has 1 saturated carbocycles. The van der Waals surface area contributed by atoms with E-state index in [1.165, 1.54) is 24.6 Å². The highest BCUT2D eigenvalue weighted by molar-refractivity contribution is 6.38. The van der Waals surface area contributed by atoms with Gasteiger partial charge in [-0.05, 0) is 36.2 Å². The molecule has 33 heavy (non-hydrogen) atoms. The number of anilines is 1. The van der Waals surface area contributed by atoms with Gasteiger partial charge in [-0.25, -0.2) is 9.48 Å². The molecule has 0 spiro atoms. The molecule has 10 nitrogen and oxygen atoms in total. The van der Waals surface area contributed by atoms with Crippen molar-refractivity contribution >= 4 is 45.8 Å². The van der Waals surface area contributed by atoms with Crippen LogP contribution in [0.1, 0.15) is 48.8 Å². The highest BCUT2D eigenvalue weighted by atomic mass is 35.5. The minimum Gasteiger partial charge on any atom is -0.319 e. The van der Waals surface area contributed by atoms with Gasteiger partial charge in [-0.2, -0.15) is 5.10 Å². The van der Waals surface area contributed by atoms with Gasteiger partial charge in [0.05, 0.1) is 27.3 Å². The number of carbonyl (C=O) groups excluding carboxylic acids is 1. The van der Waals surface area contributed by atoms with Crippen LogP contribution in [0.4, 0.5) is 5.69 Å². The quantitative estimate of drug-likeness (QED) is 0.447. The molecule has 0 saturated heterocycles. The first-order chi connectivity index (χ1) is 15.9.